The van der Waals surface area contributed by atoms with E-state index in [0.29, 0.717) is 4.58 Å². The van der Waals surface area contributed by atoms with E-state index in [1.165, 1.54) is 10.6 Å². The third kappa shape index (κ3) is 1.97. The first-order chi connectivity index (χ1) is 5.90. The van der Waals surface area contributed by atoms with E-state index < -0.39 is 0 Å². The van der Waals surface area contributed by atoms with E-state index in [1.807, 2.05) is 11.3 Å². The maximum Gasteiger partial charge on any atom is 0.0847 e. The summed E-state index contributed by atoms with van der Waals surface area (Å²) in [5, 5.41) is 2.91. The Balaban J connectivity index is 2.00. The van der Waals surface area contributed by atoms with Gasteiger partial charge < -0.3 is 0 Å². The van der Waals surface area contributed by atoms with Crippen molar-refractivity contribution in [2.24, 2.45) is 0 Å². The predicted octanol–water partition coefficient (Wildman–Crippen LogP) is 3.53. The third-order valence-electron chi connectivity index (χ3n) is 1.73. The monoisotopic (exact) mass is 234 g/mol. The van der Waals surface area contributed by atoms with E-state index in [1.54, 1.807) is 0 Å². The van der Waals surface area contributed by atoms with Crippen LogP contribution in [-0.2, 0) is 0 Å². The Bertz CT molecular complexity index is 231. The van der Waals surface area contributed by atoms with Gasteiger partial charge in [0.25, 0.3) is 0 Å². The number of thioether (sulfide) groups is 2. The summed E-state index contributed by atoms with van der Waals surface area (Å²) < 4.78 is 0.683. The lowest BCUT2D eigenvalue weighted by molar-refractivity contribution is 1.17. The fourth-order valence-electron chi connectivity index (χ4n) is 1.12. The molecule has 4 heteroatoms. The van der Waals surface area contributed by atoms with Gasteiger partial charge in [-0.3, -0.25) is 0 Å². The van der Waals surface area contributed by atoms with E-state index in [2.05, 4.69) is 53.7 Å². The molecule has 0 bridgehead atoms. The molecule has 0 aromatic carbocycles. The summed E-state index contributed by atoms with van der Waals surface area (Å²) in [6.07, 6.45) is 0. The lowest BCUT2D eigenvalue weighted by Gasteiger charge is -2.05. The second-order valence-electron chi connectivity index (χ2n) is 2.62. The summed E-state index contributed by atoms with van der Waals surface area (Å²) in [5.41, 5.74) is 0. The zero-order valence-corrected chi connectivity index (χ0v) is 9.82. The van der Waals surface area contributed by atoms with Crippen LogP contribution in [-0.4, -0.2) is 16.8 Å². The number of thiophene rings is 1. The largest absolute Gasteiger partial charge is 0.178 e. The Kier molecular flexibility index (Phi) is 3.34. The molecule has 2 unspecified atom stereocenters. The Hall–Kier alpha value is 0.750. The molecular weight excluding hydrogens is 224 g/mol. The zero-order chi connectivity index (χ0) is 8.39. The van der Waals surface area contributed by atoms with Crippen LogP contribution in [0.3, 0.4) is 0 Å². The van der Waals surface area contributed by atoms with Crippen molar-refractivity contribution in [3.8, 4) is 0 Å². The molecule has 1 aromatic rings. The van der Waals surface area contributed by atoms with Crippen molar-refractivity contribution in [3.05, 3.63) is 22.4 Å². The van der Waals surface area contributed by atoms with Crippen molar-refractivity contribution in [2.45, 2.75) is 9.83 Å². The van der Waals surface area contributed by atoms with Crippen LogP contribution in [0.5, 0.6) is 0 Å². The van der Waals surface area contributed by atoms with E-state index in [4.69, 9.17) is 0 Å². The van der Waals surface area contributed by atoms with E-state index in [9.17, 15) is 0 Å². The van der Waals surface area contributed by atoms with Crippen molar-refractivity contribution in [1.29, 1.82) is 0 Å². The first-order valence-electron chi connectivity index (χ1n) is 3.81. The molecule has 12 heavy (non-hydrogen) atoms. The maximum atomic E-state index is 4.32. The molecule has 1 aromatic heterocycles. The minimum absolute atomic E-state index is 0.683. The highest BCUT2D eigenvalue weighted by molar-refractivity contribution is 8.20. The SMILES string of the molecule is SCC1CSC(c2cccs2)S1. The molecule has 66 valence electrons. The van der Waals surface area contributed by atoms with Crippen molar-refractivity contribution in [3.63, 3.8) is 0 Å². The first kappa shape index (κ1) is 9.31. The molecule has 1 saturated heterocycles. The standard InChI is InChI=1S/C8H10S4/c9-4-6-5-11-8(12-6)7-2-1-3-10-7/h1-3,6,8-9H,4-5H2. The Morgan fingerprint density at radius 3 is 3.08 bits per heavy atom. The van der Waals surface area contributed by atoms with Gasteiger partial charge in [0.2, 0.25) is 0 Å². The minimum atomic E-state index is 0.683. The lowest BCUT2D eigenvalue weighted by atomic mass is 10.5. The Morgan fingerprint density at radius 1 is 1.58 bits per heavy atom. The van der Waals surface area contributed by atoms with Gasteiger partial charge in [0.05, 0.1) is 4.58 Å². The molecule has 0 saturated carbocycles. The van der Waals surface area contributed by atoms with Crippen LogP contribution >= 0.6 is 47.5 Å². The molecular formula is C8H10S4. The van der Waals surface area contributed by atoms with Gasteiger partial charge in [-0.05, 0) is 11.4 Å². The first-order valence-corrected chi connectivity index (χ1v) is 7.32. The molecule has 0 amide bonds. The fourth-order valence-corrected chi connectivity index (χ4v) is 5.94. The van der Waals surface area contributed by atoms with Crippen molar-refractivity contribution < 1.29 is 0 Å². The van der Waals surface area contributed by atoms with Gasteiger partial charge in [-0.15, -0.1) is 34.9 Å². The van der Waals surface area contributed by atoms with Crippen LogP contribution in [0.1, 0.15) is 9.46 Å². The normalized spacial score (nSPS) is 29.4. The summed E-state index contributed by atoms with van der Waals surface area (Å²) >= 11 is 10.3. The molecule has 2 heterocycles. The summed E-state index contributed by atoms with van der Waals surface area (Å²) in [7, 11) is 0. The molecule has 1 fully saturated rings. The Morgan fingerprint density at radius 2 is 2.50 bits per heavy atom. The van der Waals surface area contributed by atoms with Gasteiger partial charge >= 0.3 is 0 Å². The van der Waals surface area contributed by atoms with Crippen LogP contribution in [0.2, 0.25) is 0 Å². The van der Waals surface area contributed by atoms with Gasteiger partial charge in [0, 0.05) is 21.6 Å². The van der Waals surface area contributed by atoms with Crippen molar-refractivity contribution in [1.82, 2.24) is 0 Å². The van der Waals surface area contributed by atoms with E-state index in [-0.39, 0.29) is 0 Å². The minimum Gasteiger partial charge on any atom is -0.178 e. The van der Waals surface area contributed by atoms with E-state index >= 15 is 0 Å². The van der Waals surface area contributed by atoms with E-state index in [0.717, 1.165) is 11.0 Å². The van der Waals surface area contributed by atoms with Crippen LogP contribution < -0.4 is 0 Å². The molecule has 1 aliphatic rings. The van der Waals surface area contributed by atoms with Crippen LogP contribution in [0.25, 0.3) is 0 Å². The maximum absolute atomic E-state index is 4.32. The summed E-state index contributed by atoms with van der Waals surface area (Å²) in [6, 6.07) is 4.37. The third-order valence-corrected chi connectivity index (χ3v) is 6.98. The van der Waals surface area contributed by atoms with Crippen LogP contribution in [0, 0.1) is 0 Å². The van der Waals surface area contributed by atoms with Crippen LogP contribution in [0.4, 0.5) is 0 Å². The molecule has 0 nitrogen and oxygen atoms in total. The average molecular weight is 234 g/mol. The molecule has 1 aliphatic heterocycles. The Labute approximate surface area is 90.9 Å². The van der Waals surface area contributed by atoms with Crippen molar-refractivity contribution >= 4 is 47.5 Å². The topological polar surface area (TPSA) is 0 Å². The highest BCUT2D eigenvalue weighted by Crippen LogP contribution is 2.50. The van der Waals surface area contributed by atoms with Gasteiger partial charge in [0.15, 0.2) is 0 Å². The van der Waals surface area contributed by atoms with Crippen molar-refractivity contribution in [2.75, 3.05) is 11.5 Å². The molecule has 0 radical (unpaired) electrons. The van der Waals surface area contributed by atoms with Gasteiger partial charge in [-0.2, -0.15) is 12.6 Å². The molecule has 0 N–H and O–H groups in total. The number of hydrogen-bond donors (Lipinski definition) is 1. The number of rotatable bonds is 2. The summed E-state index contributed by atoms with van der Waals surface area (Å²) in [5.74, 6) is 2.27. The fraction of sp³-hybridized carbons (Fsp3) is 0.500. The summed E-state index contributed by atoms with van der Waals surface area (Å²) in [6.45, 7) is 0. The van der Waals surface area contributed by atoms with Gasteiger partial charge in [-0.1, -0.05) is 6.07 Å². The molecule has 2 rings (SSSR count). The lowest BCUT2D eigenvalue weighted by Crippen LogP contribution is -2.00. The highest BCUT2D eigenvalue weighted by atomic mass is 32.2. The second-order valence-corrected chi connectivity index (χ2v) is 6.81. The van der Waals surface area contributed by atoms with Crippen LogP contribution in [0.15, 0.2) is 17.5 Å². The molecule has 0 aliphatic carbocycles. The smallest absolute Gasteiger partial charge is 0.0847 e. The average Bonchev–Trinajstić information content (AvgIpc) is 2.75. The highest BCUT2D eigenvalue weighted by Gasteiger charge is 2.26. The zero-order valence-electron chi connectivity index (χ0n) is 6.47. The second kappa shape index (κ2) is 4.31. The number of hydrogen-bond acceptors (Lipinski definition) is 4. The summed E-state index contributed by atoms with van der Waals surface area (Å²) in [4.78, 5) is 1.51. The molecule has 0 spiro atoms. The van der Waals surface area contributed by atoms with Gasteiger partial charge in [0.1, 0.15) is 0 Å². The molecule has 2 atom stereocenters. The number of thiol groups is 1. The van der Waals surface area contributed by atoms with Gasteiger partial charge in [-0.25, -0.2) is 0 Å². The quantitative estimate of drug-likeness (QED) is 0.778. The predicted molar refractivity (Wildman–Crippen MR) is 64.8 cm³/mol.